The second kappa shape index (κ2) is 8.53. The molecule has 3 aromatic rings. The van der Waals surface area contributed by atoms with Crippen molar-refractivity contribution in [2.45, 2.75) is 44.3 Å². The van der Waals surface area contributed by atoms with Crippen LogP contribution in [0.4, 0.5) is 5.82 Å². The number of anilines is 1. The molecular weight excluding hydrogens is 422 g/mol. The van der Waals surface area contributed by atoms with Crippen molar-refractivity contribution in [1.29, 1.82) is 0 Å². The normalized spacial score (nSPS) is 17.4. The number of carboxylic acids is 1. The molecule has 11 nitrogen and oxygen atoms in total. The van der Waals surface area contributed by atoms with Crippen LogP contribution in [0.2, 0.25) is 0 Å². The molecule has 0 radical (unpaired) electrons. The Kier molecular flexibility index (Phi) is 5.81. The second-order valence-corrected chi connectivity index (χ2v) is 8.47. The van der Waals surface area contributed by atoms with Crippen molar-refractivity contribution in [2.75, 3.05) is 18.0 Å². The standard InChI is InChI=1S/C19H23N7O4S/c1-3-25-13-7-14(21-8-11(13)22-17(25)15-16(20)24-30-23-15)31-9-10(2)18(27)26-6-4-5-12(26)19(28)29/h7-8,10,12H,3-6,9H2,1-2H3,(H2,20,24)(H,28,29)/t10-,12+/m1/s1. The van der Waals surface area contributed by atoms with Gasteiger partial charge in [0.2, 0.25) is 5.91 Å². The molecule has 12 heteroatoms. The number of thioether (sulfide) groups is 1. The highest BCUT2D eigenvalue weighted by Gasteiger charge is 2.35. The van der Waals surface area contributed by atoms with Gasteiger partial charge in [-0.1, -0.05) is 6.92 Å². The fourth-order valence-corrected chi connectivity index (χ4v) is 4.68. The first-order valence-corrected chi connectivity index (χ1v) is 11.0. The molecular formula is C19H23N7O4S. The van der Waals surface area contributed by atoms with Gasteiger partial charge in [0, 0.05) is 24.8 Å². The minimum absolute atomic E-state index is 0.131. The molecule has 2 atom stereocenters. The first kappa shape index (κ1) is 21.1. The summed E-state index contributed by atoms with van der Waals surface area (Å²) in [4.78, 5) is 34.6. The van der Waals surface area contributed by atoms with E-state index in [9.17, 15) is 14.7 Å². The van der Waals surface area contributed by atoms with Crippen LogP contribution in [0.5, 0.6) is 0 Å². The summed E-state index contributed by atoms with van der Waals surface area (Å²) < 4.78 is 6.65. The summed E-state index contributed by atoms with van der Waals surface area (Å²) in [6, 6.07) is 1.20. The summed E-state index contributed by atoms with van der Waals surface area (Å²) in [5, 5.41) is 17.5. The lowest BCUT2D eigenvalue weighted by molar-refractivity contribution is -0.149. The molecule has 3 aromatic heterocycles. The Hall–Kier alpha value is -3.15. The Morgan fingerprint density at radius 1 is 1.42 bits per heavy atom. The fourth-order valence-electron chi connectivity index (χ4n) is 3.79. The average molecular weight is 446 g/mol. The van der Waals surface area contributed by atoms with Crippen LogP contribution in [0, 0.1) is 5.92 Å². The van der Waals surface area contributed by atoms with Gasteiger partial charge in [-0.15, -0.1) is 11.8 Å². The molecule has 1 fully saturated rings. The summed E-state index contributed by atoms with van der Waals surface area (Å²) in [6.07, 6.45) is 2.90. The molecule has 0 aromatic carbocycles. The predicted molar refractivity (Wildman–Crippen MR) is 113 cm³/mol. The number of nitrogens with two attached hydrogens (primary N) is 1. The van der Waals surface area contributed by atoms with Crippen LogP contribution in [0.25, 0.3) is 22.6 Å². The molecule has 1 amide bonds. The number of carbonyl (C=O) groups excluding carboxylic acids is 1. The summed E-state index contributed by atoms with van der Waals surface area (Å²) in [7, 11) is 0. The van der Waals surface area contributed by atoms with Crippen LogP contribution in [-0.2, 0) is 16.1 Å². The van der Waals surface area contributed by atoms with Crippen molar-refractivity contribution < 1.29 is 19.3 Å². The maximum absolute atomic E-state index is 12.7. The highest BCUT2D eigenvalue weighted by atomic mass is 32.2. The number of pyridine rings is 1. The van der Waals surface area contributed by atoms with Gasteiger partial charge in [0.1, 0.15) is 11.6 Å². The van der Waals surface area contributed by atoms with Crippen LogP contribution in [0.15, 0.2) is 21.9 Å². The largest absolute Gasteiger partial charge is 0.480 e. The summed E-state index contributed by atoms with van der Waals surface area (Å²) >= 11 is 1.45. The first-order chi connectivity index (χ1) is 14.9. The molecule has 31 heavy (non-hydrogen) atoms. The highest BCUT2D eigenvalue weighted by molar-refractivity contribution is 7.99. The van der Waals surface area contributed by atoms with E-state index >= 15 is 0 Å². The van der Waals surface area contributed by atoms with Crippen LogP contribution in [0.3, 0.4) is 0 Å². The zero-order valence-corrected chi connectivity index (χ0v) is 18.0. The third kappa shape index (κ3) is 3.94. The minimum atomic E-state index is -0.940. The van der Waals surface area contributed by atoms with E-state index in [0.29, 0.717) is 42.3 Å². The topological polar surface area (TPSA) is 153 Å². The van der Waals surface area contributed by atoms with Gasteiger partial charge >= 0.3 is 5.97 Å². The number of carbonyl (C=O) groups is 2. The molecule has 1 aliphatic rings. The lowest BCUT2D eigenvalue weighted by Crippen LogP contribution is -2.43. The molecule has 3 N–H and O–H groups in total. The fraction of sp³-hybridized carbons (Fsp3) is 0.474. The van der Waals surface area contributed by atoms with Gasteiger partial charge in [-0.3, -0.25) is 4.79 Å². The van der Waals surface area contributed by atoms with E-state index in [0.717, 1.165) is 17.0 Å². The first-order valence-electron chi connectivity index (χ1n) is 10.0. The molecule has 1 saturated heterocycles. The Labute approximate surface area is 182 Å². The number of carboxylic acid groups (broad SMARTS) is 1. The van der Waals surface area contributed by atoms with Crippen molar-refractivity contribution in [2.24, 2.45) is 5.92 Å². The van der Waals surface area contributed by atoms with E-state index in [1.807, 2.05) is 24.5 Å². The summed E-state index contributed by atoms with van der Waals surface area (Å²) in [5.74, 6) is -0.181. The van der Waals surface area contributed by atoms with Crippen molar-refractivity contribution in [3.63, 3.8) is 0 Å². The lowest BCUT2D eigenvalue weighted by atomic mass is 10.1. The van der Waals surface area contributed by atoms with Crippen LogP contribution in [0.1, 0.15) is 26.7 Å². The number of aromatic nitrogens is 5. The molecule has 0 unspecified atom stereocenters. The smallest absolute Gasteiger partial charge is 0.326 e. The van der Waals surface area contributed by atoms with E-state index in [4.69, 9.17) is 10.4 Å². The molecule has 164 valence electrons. The number of nitrogen functional groups attached to an aromatic ring is 1. The number of amides is 1. The number of likely N-dealkylation sites (tertiary alicyclic amines) is 1. The van der Waals surface area contributed by atoms with E-state index in [2.05, 4.69) is 20.3 Å². The zero-order chi connectivity index (χ0) is 22.1. The maximum atomic E-state index is 12.7. The number of hydrogen-bond acceptors (Lipinski definition) is 9. The van der Waals surface area contributed by atoms with Gasteiger partial charge < -0.3 is 20.3 Å². The highest BCUT2D eigenvalue weighted by Crippen LogP contribution is 2.29. The SMILES string of the molecule is CCn1c(-c2nonc2N)nc2cnc(SC[C@@H](C)C(=O)N3CCC[C@H]3C(=O)O)cc21. The van der Waals surface area contributed by atoms with Crippen LogP contribution < -0.4 is 5.73 Å². The second-order valence-electron chi connectivity index (χ2n) is 7.43. The van der Waals surface area contributed by atoms with E-state index in [1.54, 1.807) is 6.20 Å². The van der Waals surface area contributed by atoms with Gasteiger partial charge in [-0.05, 0) is 36.1 Å². The molecule has 0 aliphatic carbocycles. The number of hydrogen-bond donors (Lipinski definition) is 2. The Morgan fingerprint density at radius 2 is 2.23 bits per heavy atom. The number of aliphatic carboxylic acids is 1. The minimum Gasteiger partial charge on any atom is -0.480 e. The third-order valence-electron chi connectivity index (χ3n) is 5.38. The molecule has 0 spiro atoms. The van der Waals surface area contributed by atoms with Crippen molar-refractivity contribution in [3.8, 4) is 11.5 Å². The maximum Gasteiger partial charge on any atom is 0.326 e. The zero-order valence-electron chi connectivity index (χ0n) is 17.2. The monoisotopic (exact) mass is 445 g/mol. The van der Waals surface area contributed by atoms with Gasteiger partial charge in [-0.25, -0.2) is 19.4 Å². The third-order valence-corrected chi connectivity index (χ3v) is 6.56. The Bertz CT molecular complexity index is 1130. The van der Waals surface area contributed by atoms with Crippen molar-refractivity contribution in [3.05, 3.63) is 12.3 Å². The molecule has 1 aliphatic heterocycles. The van der Waals surface area contributed by atoms with Gasteiger partial charge in [0.25, 0.3) is 0 Å². The number of fused-ring (bicyclic) bond motifs is 1. The number of imidazole rings is 1. The lowest BCUT2D eigenvalue weighted by Gasteiger charge is -2.24. The number of nitrogens with zero attached hydrogens (tertiary/aromatic N) is 6. The van der Waals surface area contributed by atoms with Crippen LogP contribution in [-0.4, -0.2) is 65.1 Å². The molecule has 0 saturated carbocycles. The average Bonchev–Trinajstić information content (AvgIpc) is 3.48. The van der Waals surface area contributed by atoms with Gasteiger partial charge in [-0.2, -0.15) is 0 Å². The van der Waals surface area contributed by atoms with E-state index in [1.165, 1.54) is 16.7 Å². The Balaban J connectivity index is 1.51. The molecule has 0 bridgehead atoms. The van der Waals surface area contributed by atoms with E-state index in [-0.39, 0.29) is 17.6 Å². The number of aryl methyl sites for hydroxylation is 1. The number of rotatable bonds is 7. The summed E-state index contributed by atoms with van der Waals surface area (Å²) in [5.41, 5.74) is 7.76. The quantitative estimate of drug-likeness (QED) is 0.515. The molecule has 4 heterocycles. The molecule has 4 rings (SSSR count). The Morgan fingerprint density at radius 3 is 2.90 bits per heavy atom. The van der Waals surface area contributed by atoms with Crippen molar-refractivity contribution in [1.82, 2.24) is 29.7 Å². The predicted octanol–water partition coefficient (Wildman–Crippen LogP) is 1.89. The van der Waals surface area contributed by atoms with Gasteiger partial charge in [0.15, 0.2) is 17.3 Å². The van der Waals surface area contributed by atoms with Crippen molar-refractivity contribution >= 4 is 40.5 Å². The van der Waals surface area contributed by atoms with Crippen LogP contribution >= 0.6 is 11.8 Å². The summed E-state index contributed by atoms with van der Waals surface area (Å²) in [6.45, 7) is 4.93. The van der Waals surface area contributed by atoms with Gasteiger partial charge in [0.05, 0.1) is 16.7 Å². The van der Waals surface area contributed by atoms with E-state index < -0.39 is 12.0 Å².